The van der Waals surface area contributed by atoms with Crippen LogP contribution in [-0.2, 0) is 11.2 Å². The zero-order valence-corrected chi connectivity index (χ0v) is 17.6. The van der Waals surface area contributed by atoms with E-state index in [1.54, 1.807) is 7.11 Å². The van der Waals surface area contributed by atoms with E-state index in [0.29, 0.717) is 16.5 Å². The van der Waals surface area contributed by atoms with Crippen molar-refractivity contribution in [1.82, 2.24) is 19.7 Å². The summed E-state index contributed by atoms with van der Waals surface area (Å²) in [6.45, 7) is 5.77. The van der Waals surface area contributed by atoms with Gasteiger partial charge in [-0.2, -0.15) is 5.26 Å². The van der Waals surface area contributed by atoms with Crippen molar-refractivity contribution in [2.45, 2.75) is 32.3 Å². The molecular weight excluding hydrogens is 388 g/mol. The second kappa shape index (κ2) is 8.84. The molecule has 0 atom stereocenters. The van der Waals surface area contributed by atoms with Crippen LogP contribution in [0.5, 0.6) is 5.75 Å². The van der Waals surface area contributed by atoms with Gasteiger partial charge in [-0.3, -0.25) is 14.5 Å². The number of nitrogens with one attached hydrogen (secondary N) is 2. The highest BCUT2D eigenvalue weighted by Gasteiger charge is 2.21. The normalized spacial score (nSPS) is 10.6. The van der Waals surface area contributed by atoms with E-state index in [0.717, 1.165) is 34.9 Å². The van der Waals surface area contributed by atoms with E-state index in [1.807, 2.05) is 49.6 Å². The summed E-state index contributed by atoms with van der Waals surface area (Å²) in [5, 5.41) is 20.0. The summed E-state index contributed by atoms with van der Waals surface area (Å²) in [4.78, 5) is 16.9. The van der Waals surface area contributed by atoms with Gasteiger partial charge in [-0.15, -0.1) is 5.10 Å². The molecule has 9 heteroatoms. The average Bonchev–Trinajstić information content (AvgIpc) is 3.29. The molecular formula is C20H22N6O2S. The number of methoxy groups -OCH3 is 1. The van der Waals surface area contributed by atoms with Crippen LogP contribution in [0.2, 0.25) is 0 Å². The number of aromatic amines is 1. The number of benzene rings is 1. The minimum absolute atomic E-state index is 0.137. The van der Waals surface area contributed by atoms with Crippen molar-refractivity contribution in [1.29, 1.82) is 5.26 Å². The number of thioether (sulfide) groups is 1. The Balaban J connectivity index is 1.86. The number of hydrogen-bond donors (Lipinski definition) is 2. The van der Waals surface area contributed by atoms with E-state index in [-0.39, 0.29) is 11.7 Å². The quantitative estimate of drug-likeness (QED) is 0.578. The van der Waals surface area contributed by atoms with Gasteiger partial charge in [0.25, 0.3) is 0 Å². The van der Waals surface area contributed by atoms with Crippen molar-refractivity contribution >= 4 is 23.5 Å². The third-order valence-corrected chi connectivity index (χ3v) is 5.44. The van der Waals surface area contributed by atoms with Gasteiger partial charge in [0.2, 0.25) is 11.1 Å². The first-order valence-corrected chi connectivity index (χ1v) is 10.1. The molecule has 0 radical (unpaired) electrons. The number of nitriles is 1. The molecule has 0 spiro atoms. The summed E-state index contributed by atoms with van der Waals surface area (Å²) in [6, 6.07) is 9.66. The third-order valence-electron chi connectivity index (χ3n) is 4.59. The fourth-order valence-electron chi connectivity index (χ4n) is 2.91. The summed E-state index contributed by atoms with van der Waals surface area (Å²) in [7, 11) is 1.61. The van der Waals surface area contributed by atoms with E-state index in [9.17, 15) is 10.1 Å². The zero-order valence-electron chi connectivity index (χ0n) is 16.7. The fraction of sp³-hybridized carbons (Fsp3) is 0.300. The number of anilines is 1. The van der Waals surface area contributed by atoms with Gasteiger partial charge in [0.15, 0.2) is 0 Å². The number of carbonyl (C=O) groups is 1. The molecule has 2 heterocycles. The van der Waals surface area contributed by atoms with Crippen LogP contribution >= 0.6 is 11.8 Å². The first-order chi connectivity index (χ1) is 14.0. The standard InChI is InChI=1S/C20H22N6O2S/c1-5-17-22-20(25-24-17)29-11-18(27)23-19-16(10-21)12(2)13(3)26(19)14-6-8-15(28-4)9-7-14/h6-9H,5,11H2,1-4H3,(H,23,27)(H,22,24,25). The number of ether oxygens (including phenoxy) is 1. The fourth-order valence-corrected chi connectivity index (χ4v) is 3.53. The zero-order chi connectivity index (χ0) is 21.0. The predicted octanol–water partition coefficient (Wildman–Crippen LogP) is 3.39. The average molecular weight is 411 g/mol. The van der Waals surface area contributed by atoms with E-state index < -0.39 is 0 Å². The molecule has 2 aromatic heterocycles. The molecule has 1 aromatic carbocycles. The van der Waals surface area contributed by atoms with Crippen molar-refractivity contribution in [3.8, 4) is 17.5 Å². The Kier molecular flexibility index (Phi) is 6.24. The Labute approximate surface area is 173 Å². The molecule has 0 aliphatic rings. The SMILES string of the molecule is CCc1nc(SCC(=O)Nc2c(C#N)c(C)c(C)n2-c2ccc(OC)cc2)n[nH]1. The lowest BCUT2D eigenvalue weighted by Gasteiger charge is -2.13. The van der Waals surface area contributed by atoms with Crippen LogP contribution in [0, 0.1) is 25.2 Å². The van der Waals surface area contributed by atoms with E-state index in [2.05, 4.69) is 26.6 Å². The van der Waals surface area contributed by atoms with Crippen molar-refractivity contribution < 1.29 is 9.53 Å². The number of rotatable bonds is 7. The molecule has 29 heavy (non-hydrogen) atoms. The van der Waals surface area contributed by atoms with Crippen LogP contribution in [0.4, 0.5) is 5.82 Å². The highest BCUT2D eigenvalue weighted by molar-refractivity contribution is 7.99. The van der Waals surface area contributed by atoms with Gasteiger partial charge < -0.3 is 10.1 Å². The van der Waals surface area contributed by atoms with Gasteiger partial charge in [0.1, 0.15) is 23.5 Å². The van der Waals surface area contributed by atoms with Gasteiger partial charge >= 0.3 is 0 Å². The van der Waals surface area contributed by atoms with Crippen molar-refractivity contribution in [3.05, 3.63) is 46.9 Å². The molecule has 2 N–H and O–H groups in total. The maximum atomic E-state index is 12.6. The topological polar surface area (TPSA) is 109 Å². The summed E-state index contributed by atoms with van der Waals surface area (Å²) < 4.78 is 7.09. The summed E-state index contributed by atoms with van der Waals surface area (Å²) in [5.74, 6) is 1.87. The molecule has 1 amide bonds. The second-order valence-electron chi connectivity index (χ2n) is 6.33. The summed E-state index contributed by atoms with van der Waals surface area (Å²) in [6.07, 6.45) is 0.749. The molecule has 0 saturated carbocycles. The van der Waals surface area contributed by atoms with Crippen molar-refractivity contribution in [2.75, 3.05) is 18.2 Å². The van der Waals surface area contributed by atoms with Gasteiger partial charge in [-0.1, -0.05) is 18.7 Å². The predicted molar refractivity (Wildman–Crippen MR) is 112 cm³/mol. The lowest BCUT2D eigenvalue weighted by molar-refractivity contribution is -0.113. The maximum absolute atomic E-state index is 12.6. The molecule has 0 fully saturated rings. The van der Waals surface area contributed by atoms with Crippen molar-refractivity contribution in [3.63, 3.8) is 0 Å². The number of nitrogens with zero attached hydrogens (tertiary/aromatic N) is 4. The van der Waals surface area contributed by atoms with Gasteiger partial charge in [0, 0.05) is 17.8 Å². The Morgan fingerprint density at radius 3 is 2.66 bits per heavy atom. The first-order valence-electron chi connectivity index (χ1n) is 9.08. The number of carbonyl (C=O) groups excluding carboxylic acids is 1. The van der Waals surface area contributed by atoms with Crippen LogP contribution < -0.4 is 10.1 Å². The Morgan fingerprint density at radius 2 is 2.07 bits per heavy atom. The maximum Gasteiger partial charge on any atom is 0.236 e. The number of H-pyrrole nitrogens is 1. The van der Waals surface area contributed by atoms with E-state index in [4.69, 9.17) is 4.74 Å². The molecule has 0 unspecified atom stereocenters. The summed E-state index contributed by atoms with van der Waals surface area (Å²) in [5.41, 5.74) is 2.99. The largest absolute Gasteiger partial charge is 0.497 e. The smallest absolute Gasteiger partial charge is 0.236 e. The highest BCUT2D eigenvalue weighted by Crippen LogP contribution is 2.31. The number of aryl methyl sites for hydroxylation is 1. The lowest BCUT2D eigenvalue weighted by Crippen LogP contribution is -2.17. The monoisotopic (exact) mass is 410 g/mol. The summed E-state index contributed by atoms with van der Waals surface area (Å²) >= 11 is 1.24. The molecule has 8 nitrogen and oxygen atoms in total. The third kappa shape index (κ3) is 4.27. The molecule has 0 saturated heterocycles. The molecule has 0 aliphatic carbocycles. The Bertz CT molecular complexity index is 1060. The number of aromatic nitrogens is 4. The van der Waals surface area contributed by atoms with Crippen LogP contribution in [0.25, 0.3) is 5.69 Å². The Morgan fingerprint density at radius 1 is 1.34 bits per heavy atom. The number of amides is 1. The van der Waals surface area contributed by atoms with Crippen molar-refractivity contribution in [2.24, 2.45) is 0 Å². The highest BCUT2D eigenvalue weighted by atomic mass is 32.2. The van der Waals surface area contributed by atoms with Crippen LogP contribution in [-0.4, -0.2) is 38.5 Å². The van der Waals surface area contributed by atoms with Crippen LogP contribution in [0.15, 0.2) is 29.4 Å². The van der Waals surface area contributed by atoms with Gasteiger partial charge in [-0.05, 0) is 43.7 Å². The Hall–Kier alpha value is -3.25. The number of hydrogen-bond acceptors (Lipinski definition) is 6. The van der Waals surface area contributed by atoms with Gasteiger partial charge in [-0.25, -0.2) is 4.98 Å². The molecule has 150 valence electrons. The minimum Gasteiger partial charge on any atom is -0.497 e. The second-order valence-corrected chi connectivity index (χ2v) is 7.28. The first kappa shape index (κ1) is 20.5. The van der Waals surface area contributed by atoms with E-state index in [1.165, 1.54) is 11.8 Å². The lowest BCUT2D eigenvalue weighted by atomic mass is 10.2. The minimum atomic E-state index is -0.235. The van der Waals surface area contributed by atoms with E-state index >= 15 is 0 Å². The molecule has 3 aromatic rings. The van der Waals surface area contributed by atoms with Crippen LogP contribution in [0.3, 0.4) is 0 Å². The molecule has 0 bridgehead atoms. The molecule has 3 rings (SSSR count). The van der Waals surface area contributed by atoms with Gasteiger partial charge in [0.05, 0.1) is 18.4 Å². The van der Waals surface area contributed by atoms with Crippen LogP contribution in [0.1, 0.15) is 29.6 Å². The molecule has 0 aliphatic heterocycles.